The molecule has 0 saturated heterocycles. The normalized spacial score (nSPS) is 22.1. The molecule has 1 aromatic carbocycles. The van der Waals surface area contributed by atoms with Crippen molar-refractivity contribution in [2.45, 2.75) is 12.5 Å². The van der Waals surface area contributed by atoms with Crippen LogP contribution in [0.5, 0.6) is 0 Å². The SMILES string of the molecule is N#CC1=C(N)C(C#N)(C#N)[C@@H](c2ccc([N+](=O)[O-])s2)[C@H]2CN(Cc3ccccc3)CC=C12. The number of hydrogen-bond donors (Lipinski definition) is 1. The van der Waals surface area contributed by atoms with Crippen LogP contribution in [0.4, 0.5) is 5.00 Å². The van der Waals surface area contributed by atoms with Gasteiger partial charge in [0.1, 0.15) is 6.07 Å². The number of nitro groups is 1. The van der Waals surface area contributed by atoms with Crippen molar-refractivity contribution >= 4 is 16.3 Å². The van der Waals surface area contributed by atoms with E-state index in [1.165, 1.54) is 6.07 Å². The van der Waals surface area contributed by atoms with Gasteiger partial charge in [-0.1, -0.05) is 47.7 Å². The van der Waals surface area contributed by atoms with E-state index in [9.17, 15) is 25.9 Å². The Kier molecular flexibility index (Phi) is 5.50. The number of thiophene rings is 1. The third-order valence-electron chi connectivity index (χ3n) is 6.09. The van der Waals surface area contributed by atoms with E-state index in [1.807, 2.05) is 36.4 Å². The van der Waals surface area contributed by atoms with Crippen molar-refractivity contribution < 1.29 is 4.92 Å². The molecule has 8 nitrogen and oxygen atoms in total. The molecule has 1 aliphatic heterocycles. The lowest BCUT2D eigenvalue weighted by Crippen LogP contribution is -2.47. The zero-order valence-electron chi connectivity index (χ0n) is 16.9. The lowest BCUT2D eigenvalue weighted by Gasteiger charge is -2.45. The van der Waals surface area contributed by atoms with E-state index >= 15 is 0 Å². The molecule has 1 aliphatic carbocycles. The van der Waals surface area contributed by atoms with Crippen LogP contribution in [0.2, 0.25) is 0 Å². The minimum Gasteiger partial charge on any atom is -0.399 e. The molecule has 2 N–H and O–H groups in total. The lowest BCUT2D eigenvalue weighted by molar-refractivity contribution is -0.380. The molecule has 158 valence electrons. The van der Waals surface area contributed by atoms with Crippen molar-refractivity contribution in [3.63, 3.8) is 0 Å². The minimum atomic E-state index is -1.79. The maximum Gasteiger partial charge on any atom is 0.324 e. The fraction of sp³-hybridized carbons (Fsp3) is 0.261. The van der Waals surface area contributed by atoms with E-state index in [4.69, 9.17) is 5.73 Å². The average Bonchev–Trinajstić information content (AvgIpc) is 3.29. The Hall–Kier alpha value is -3.97. The summed E-state index contributed by atoms with van der Waals surface area (Å²) >= 11 is 0.944. The number of nitrogens with two attached hydrogens (primary N) is 1. The predicted molar refractivity (Wildman–Crippen MR) is 117 cm³/mol. The van der Waals surface area contributed by atoms with Crippen LogP contribution in [0.3, 0.4) is 0 Å². The van der Waals surface area contributed by atoms with Crippen LogP contribution in [0.1, 0.15) is 16.4 Å². The third kappa shape index (κ3) is 3.33. The summed E-state index contributed by atoms with van der Waals surface area (Å²) in [5.74, 6) is -1.11. The molecule has 2 aromatic rings. The summed E-state index contributed by atoms with van der Waals surface area (Å²) in [5.41, 5.74) is 6.40. The summed E-state index contributed by atoms with van der Waals surface area (Å²) in [6.07, 6.45) is 1.93. The summed E-state index contributed by atoms with van der Waals surface area (Å²) in [5, 5.41) is 41.2. The molecule has 0 unspecified atom stereocenters. The Morgan fingerprint density at radius 2 is 1.91 bits per heavy atom. The van der Waals surface area contributed by atoms with E-state index < -0.39 is 16.3 Å². The first-order valence-corrected chi connectivity index (χ1v) is 10.7. The van der Waals surface area contributed by atoms with Gasteiger partial charge >= 0.3 is 5.00 Å². The number of allylic oxidation sites excluding steroid dienone is 2. The minimum absolute atomic E-state index is 0.0686. The summed E-state index contributed by atoms with van der Waals surface area (Å²) in [6, 6.07) is 19.1. The van der Waals surface area contributed by atoms with Crippen molar-refractivity contribution in [1.82, 2.24) is 4.90 Å². The van der Waals surface area contributed by atoms with E-state index in [0.29, 0.717) is 30.1 Å². The third-order valence-corrected chi connectivity index (χ3v) is 7.21. The molecule has 2 heterocycles. The van der Waals surface area contributed by atoms with E-state index in [1.54, 1.807) is 6.07 Å². The summed E-state index contributed by atoms with van der Waals surface area (Å²) in [4.78, 5) is 13.5. The van der Waals surface area contributed by atoms with Crippen molar-refractivity contribution in [2.75, 3.05) is 13.1 Å². The number of nitrogens with zero attached hydrogens (tertiary/aromatic N) is 5. The Morgan fingerprint density at radius 1 is 1.19 bits per heavy atom. The standard InChI is InChI=1S/C23H18N6O2S/c24-10-17-16-8-9-28(11-15-4-2-1-3-5-15)12-18(16)21(23(13-25,14-26)22(17)27)19-6-7-20(32-19)29(30)31/h1-8,18,21H,9,11-12,27H2/t18-,21+/m0/s1. The van der Waals surface area contributed by atoms with Gasteiger partial charge in [0.15, 0.2) is 5.41 Å². The van der Waals surface area contributed by atoms with Crippen LogP contribution in [-0.4, -0.2) is 22.9 Å². The zero-order valence-corrected chi connectivity index (χ0v) is 17.7. The molecule has 0 radical (unpaired) electrons. The molecule has 0 fully saturated rings. The number of hydrogen-bond acceptors (Lipinski definition) is 8. The highest BCUT2D eigenvalue weighted by Gasteiger charge is 2.55. The van der Waals surface area contributed by atoms with E-state index in [-0.39, 0.29) is 22.2 Å². The Balaban J connectivity index is 1.84. The number of rotatable bonds is 4. The highest BCUT2D eigenvalue weighted by molar-refractivity contribution is 7.15. The predicted octanol–water partition coefficient (Wildman–Crippen LogP) is 3.58. The molecule has 2 aliphatic rings. The molecule has 32 heavy (non-hydrogen) atoms. The molecule has 0 bridgehead atoms. The van der Waals surface area contributed by atoms with Crippen molar-refractivity contribution in [3.05, 3.63) is 85.9 Å². The molecule has 0 spiro atoms. The fourth-order valence-corrected chi connectivity index (χ4v) is 5.68. The lowest BCUT2D eigenvalue weighted by atomic mass is 9.59. The molecule has 0 saturated carbocycles. The van der Waals surface area contributed by atoms with Crippen molar-refractivity contribution in [1.29, 1.82) is 15.8 Å². The topological polar surface area (TPSA) is 144 Å². The van der Waals surface area contributed by atoms with Crippen LogP contribution < -0.4 is 5.73 Å². The fourth-order valence-electron chi connectivity index (χ4n) is 4.62. The highest BCUT2D eigenvalue weighted by atomic mass is 32.1. The summed E-state index contributed by atoms with van der Waals surface area (Å²) < 4.78 is 0. The van der Waals surface area contributed by atoms with Crippen LogP contribution in [-0.2, 0) is 6.54 Å². The van der Waals surface area contributed by atoms with Gasteiger partial charge in [-0.15, -0.1) is 0 Å². The second-order valence-corrected chi connectivity index (χ2v) is 8.88. The average molecular weight is 443 g/mol. The quantitative estimate of drug-likeness (QED) is 0.563. The Morgan fingerprint density at radius 3 is 2.50 bits per heavy atom. The summed E-state index contributed by atoms with van der Waals surface area (Å²) in [7, 11) is 0. The van der Waals surface area contributed by atoms with E-state index in [0.717, 1.165) is 16.9 Å². The first-order valence-electron chi connectivity index (χ1n) is 9.88. The smallest absolute Gasteiger partial charge is 0.324 e. The van der Waals surface area contributed by atoms with Crippen LogP contribution in [0.25, 0.3) is 0 Å². The van der Waals surface area contributed by atoms with Gasteiger partial charge in [-0.05, 0) is 17.2 Å². The Labute approximate surface area is 188 Å². The number of fused-ring (bicyclic) bond motifs is 1. The van der Waals surface area contributed by atoms with Gasteiger partial charge in [-0.3, -0.25) is 15.0 Å². The Bertz CT molecular complexity index is 1240. The van der Waals surface area contributed by atoms with Gasteiger partial charge in [-0.2, -0.15) is 15.8 Å². The molecule has 1 aromatic heterocycles. The van der Waals surface area contributed by atoms with Crippen LogP contribution in [0.15, 0.2) is 65.4 Å². The van der Waals surface area contributed by atoms with Gasteiger partial charge in [0, 0.05) is 42.4 Å². The molecule has 4 rings (SSSR count). The number of nitriles is 3. The van der Waals surface area contributed by atoms with Gasteiger partial charge in [0.25, 0.3) is 0 Å². The van der Waals surface area contributed by atoms with Gasteiger partial charge in [0.2, 0.25) is 0 Å². The zero-order chi connectivity index (χ0) is 22.9. The largest absolute Gasteiger partial charge is 0.399 e. The molecule has 2 atom stereocenters. The molecular weight excluding hydrogens is 424 g/mol. The van der Waals surface area contributed by atoms with Crippen LogP contribution in [0, 0.1) is 55.4 Å². The molecular formula is C23H18N6O2S. The van der Waals surface area contributed by atoms with Gasteiger partial charge in [-0.25, -0.2) is 0 Å². The molecule has 0 amide bonds. The molecule has 9 heteroatoms. The second kappa shape index (κ2) is 8.28. The monoisotopic (exact) mass is 442 g/mol. The maximum absolute atomic E-state index is 11.3. The van der Waals surface area contributed by atoms with Gasteiger partial charge in [0.05, 0.1) is 28.3 Å². The van der Waals surface area contributed by atoms with Gasteiger partial charge < -0.3 is 5.73 Å². The highest BCUT2D eigenvalue weighted by Crippen LogP contribution is 2.55. The van der Waals surface area contributed by atoms with Crippen LogP contribution >= 0.6 is 11.3 Å². The first-order chi connectivity index (χ1) is 15.4. The van der Waals surface area contributed by atoms with Crippen molar-refractivity contribution in [2.24, 2.45) is 17.1 Å². The first kappa shape index (κ1) is 21.3. The second-order valence-electron chi connectivity index (χ2n) is 7.79. The van der Waals surface area contributed by atoms with Crippen molar-refractivity contribution in [3.8, 4) is 18.2 Å². The van der Waals surface area contributed by atoms with E-state index in [2.05, 4.69) is 23.1 Å². The maximum atomic E-state index is 11.3. The summed E-state index contributed by atoms with van der Waals surface area (Å²) in [6.45, 7) is 1.73. The number of benzene rings is 1.